The molecule has 1 aliphatic heterocycles. The molecule has 1 aromatic rings. The maximum Gasteiger partial charge on any atom is 0.190 e. The molecule has 0 atom stereocenters. The Morgan fingerprint density at radius 1 is 1.15 bits per heavy atom. The molecule has 0 saturated carbocycles. The summed E-state index contributed by atoms with van der Waals surface area (Å²) in [4.78, 5) is 6.93. The maximum absolute atomic E-state index is 4.35. The first-order valence-corrected chi connectivity index (χ1v) is 11.3. The Balaban J connectivity index is 1.61. The van der Waals surface area contributed by atoms with Crippen LogP contribution >= 0.6 is 11.8 Å². The van der Waals surface area contributed by atoms with E-state index in [2.05, 4.69) is 58.0 Å². The van der Waals surface area contributed by atoms with Crippen LogP contribution in [0.3, 0.4) is 0 Å². The molecule has 0 aliphatic carbocycles. The van der Waals surface area contributed by atoms with E-state index < -0.39 is 0 Å². The minimum absolute atomic E-state index is 0.749. The average molecular weight is 377 g/mol. The van der Waals surface area contributed by atoms with Gasteiger partial charge in [-0.3, -0.25) is 9.89 Å². The monoisotopic (exact) mass is 376 g/mol. The van der Waals surface area contributed by atoms with E-state index in [1.165, 1.54) is 55.7 Å². The smallest absolute Gasteiger partial charge is 0.190 e. The lowest BCUT2D eigenvalue weighted by Gasteiger charge is -2.32. The topological polar surface area (TPSA) is 39.7 Å². The van der Waals surface area contributed by atoms with Crippen molar-refractivity contribution < 1.29 is 0 Å². The lowest BCUT2D eigenvalue weighted by molar-refractivity contribution is 0.178. The van der Waals surface area contributed by atoms with E-state index in [1.807, 2.05) is 18.8 Å². The number of thioether (sulfide) groups is 1. The van der Waals surface area contributed by atoms with Crippen LogP contribution < -0.4 is 10.6 Å². The van der Waals surface area contributed by atoms with Crippen molar-refractivity contribution in [2.24, 2.45) is 10.9 Å². The highest BCUT2D eigenvalue weighted by Crippen LogP contribution is 2.18. The number of aliphatic imine (C=N–C) groups is 1. The fraction of sp³-hybridized carbons (Fsp3) is 0.667. The maximum atomic E-state index is 4.35. The van der Waals surface area contributed by atoms with Crippen LogP contribution in [-0.4, -0.2) is 56.1 Å². The summed E-state index contributed by atoms with van der Waals surface area (Å²) < 4.78 is 0. The van der Waals surface area contributed by atoms with Crippen LogP contribution in [-0.2, 0) is 6.54 Å². The zero-order valence-corrected chi connectivity index (χ0v) is 17.6. The summed E-state index contributed by atoms with van der Waals surface area (Å²) in [5.41, 5.74) is 2.77. The predicted octanol–water partition coefficient (Wildman–Crippen LogP) is 3.52. The Hall–Kier alpha value is -1.20. The molecular weight excluding hydrogens is 340 g/mol. The lowest BCUT2D eigenvalue weighted by Crippen LogP contribution is -2.43. The number of hydrogen-bond donors (Lipinski definition) is 2. The Morgan fingerprint density at radius 2 is 1.88 bits per heavy atom. The van der Waals surface area contributed by atoms with Gasteiger partial charge in [0.15, 0.2) is 5.96 Å². The van der Waals surface area contributed by atoms with Crippen molar-refractivity contribution in [1.29, 1.82) is 0 Å². The van der Waals surface area contributed by atoms with E-state index in [0.717, 1.165) is 31.5 Å². The Labute approximate surface area is 164 Å². The number of piperidine rings is 1. The van der Waals surface area contributed by atoms with Gasteiger partial charge in [0, 0.05) is 26.7 Å². The molecule has 2 rings (SSSR count). The van der Waals surface area contributed by atoms with Gasteiger partial charge < -0.3 is 10.6 Å². The van der Waals surface area contributed by atoms with E-state index in [4.69, 9.17) is 0 Å². The largest absolute Gasteiger partial charge is 0.356 e. The number of benzene rings is 1. The van der Waals surface area contributed by atoms with Crippen molar-refractivity contribution in [2.75, 3.05) is 45.2 Å². The SMILES string of the molecule is CN=C(NCCCCSC)NCC1CCN(Cc2ccc(C)cc2)CC1. The van der Waals surface area contributed by atoms with Crippen molar-refractivity contribution in [3.8, 4) is 0 Å². The normalized spacial score (nSPS) is 16.7. The van der Waals surface area contributed by atoms with Gasteiger partial charge in [0.2, 0.25) is 0 Å². The first kappa shape index (κ1) is 21.1. The van der Waals surface area contributed by atoms with Gasteiger partial charge in [-0.05, 0) is 69.2 Å². The second-order valence-corrected chi connectivity index (χ2v) is 8.27. The summed E-state index contributed by atoms with van der Waals surface area (Å²) in [7, 11) is 1.86. The number of nitrogens with zero attached hydrogens (tertiary/aromatic N) is 2. The predicted molar refractivity (Wildman–Crippen MR) is 116 cm³/mol. The summed E-state index contributed by atoms with van der Waals surface area (Å²) in [5.74, 6) is 2.95. The molecule has 0 bridgehead atoms. The highest BCUT2D eigenvalue weighted by Gasteiger charge is 2.19. The number of hydrogen-bond acceptors (Lipinski definition) is 3. The van der Waals surface area contributed by atoms with Gasteiger partial charge in [-0.2, -0.15) is 11.8 Å². The summed E-state index contributed by atoms with van der Waals surface area (Å²) in [6, 6.07) is 8.95. The van der Waals surface area contributed by atoms with Gasteiger partial charge in [0.05, 0.1) is 0 Å². The fourth-order valence-electron chi connectivity index (χ4n) is 3.34. The highest BCUT2D eigenvalue weighted by atomic mass is 32.2. The molecule has 0 radical (unpaired) electrons. The van der Waals surface area contributed by atoms with Crippen molar-refractivity contribution in [1.82, 2.24) is 15.5 Å². The van der Waals surface area contributed by atoms with Crippen molar-refractivity contribution >= 4 is 17.7 Å². The molecule has 1 aliphatic rings. The molecule has 146 valence electrons. The number of aryl methyl sites for hydroxylation is 1. The zero-order valence-electron chi connectivity index (χ0n) is 16.8. The molecule has 0 unspecified atom stereocenters. The number of unbranched alkanes of at least 4 members (excludes halogenated alkanes) is 1. The molecule has 26 heavy (non-hydrogen) atoms. The molecule has 0 amide bonds. The van der Waals surface area contributed by atoms with E-state index >= 15 is 0 Å². The van der Waals surface area contributed by atoms with Crippen LogP contribution in [0.2, 0.25) is 0 Å². The third-order valence-electron chi connectivity index (χ3n) is 5.08. The molecule has 5 heteroatoms. The summed E-state index contributed by atoms with van der Waals surface area (Å²) >= 11 is 1.92. The van der Waals surface area contributed by atoms with Crippen LogP contribution in [0.5, 0.6) is 0 Å². The van der Waals surface area contributed by atoms with Gasteiger partial charge in [-0.15, -0.1) is 0 Å². The van der Waals surface area contributed by atoms with Crippen LogP contribution in [0.1, 0.15) is 36.8 Å². The zero-order chi connectivity index (χ0) is 18.6. The van der Waals surface area contributed by atoms with Crippen molar-refractivity contribution in [2.45, 2.75) is 39.2 Å². The van der Waals surface area contributed by atoms with Crippen molar-refractivity contribution in [3.63, 3.8) is 0 Å². The second kappa shape index (κ2) is 12.2. The van der Waals surface area contributed by atoms with Crippen LogP contribution in [0.4, 0.5) is 0 Å². The van der Waals surface area contributed by atoms with Crippen LogP contribution in [0.15, 0.2) is 29.3 Å². The molecular formula is C21H36N4S. The minimum atomic E-state index is 0.749. The van der Waals surface area contributed by atoms with Crippen LogP contribution in [0.25, 0.3) is 0 Å². The third kappa shape index (κ3) is 8.00. The number of nitrogens with one attached hydrogen (secondary N) is 2. The summed E-state index contributed by atoms with van der Waals surface area (Å²) in [5, 5.41) is 6.95. The molecule has 0 spiro atoms. The van der Waals surface area contributed by atoms with Gasteiger partial charge in [0.1, 0.15) is 0 Å². The number of likely N-dealkylation sites (tertiary alicyclic amines) is 1. The van der Waals surface area contributed by atoms with Crippen LogP contribution in [0, 0.1) is 12.8 Å². The van der Waals surface area contributed by atoms with Gasteiger partial charge in [-0.1, -0.05) is 29.8 Å². The minimum Gasteiger partial charge on any atom is -0.356 e. The number of guanidine groups is 1. The number of rotatable bonds is 9. The van der Waals surface area contributed by atoms with Gasteiger partial charge in [-0.25, -0.2) is 0 Å². The quantitative estimate of drug-likeness (QED) is 0.393. The molecule has 0 aromatic heterocycles. The van der Waals surface area contributed by atoms with E-state index in [1.54, 1.807) is 0 Å². The first-order chi connectivity index (χ1) is 12.7. The third-order valence-corrected chi connectivity index (χ3v) is 5.78. The first-order valence-electron chi connectivity index (χ1n) is 9.92. The van der Waals surface area contributed by atoms with E-state index in [9.17, 15) is 0 Å². The average Bonchev–Trinajstić information content (AvgIpc) is 2.67. The van der Waals surface area contributed by atoms with E-state index in [-0.39, 0.29) is 0 Å². The summed E-state index contributed by atoms with van der Waals surface area (Å²) in [6.07, 6.45) is 7.18. The lowest BCUT2D eigenvalue weighted by atomic mass is 9.96. The van der Waals surface area contributed by atoms with Gasteiger partial charge in [0.25, 0.3) is 0 Å². The molecule has 1 heterocycles. The Morgan fingerprint density at radius 3 is 2.54 bits per heavy atom. The van der Waals surface area contributed by atoms with Crippen molar-refractivity contribution in [3.05, 3.63) is 35.4 Å². The molecule has 2 N–H and O–H groups in total. The molecule has 4 nitrogen and oxygen atoms in total. The van der Waals surface area contributed by atoms with Gasteiger partial charge >= 0.3 is 0 Å². The Bertz CT molecular complexity index is 521. The molecule has 1 saturated heterocycles. The molecule has 1 aromatic carbocycles. The highest BCUT2D eigenvalue weighted by molar-refractivity contribution is 7.98. The Kier molecular flexibility index (Phi) is 9.93. The van der Waals surface area contributed by atoms with E-state index in [0.29, 0.717) is 0 Å². The standard InChI is InChI=1S/C21H36N4S/c1-18-6-8-20(9-7-18)17-25-13-10-19(11-14-25)16-24-21(22-2)23-12-4-5-15-26-3/h6-9,19H,4-5,10-17H2,1-3H3,(H2,22,23,24). The second-order valence-electron chi connectivity index (χ2n) is 7.28. The summed E-state index contributed by atoms with van der Waals surface area (Å²) in [6.45, 7) is 7.66. The fourth-order valence-corrected chi connectivity index (χ4v) is 3.83. The molecule has 1 fully saturated rings.